The van der Waals surface area contributed by atoms with Crippen molar-refractivity contribution in [2.45, 2.75) is 26.3 Å². The van der Waals surface area contributed by atoms with E-state index in [2.05, 4.69) is 10.2 Å². The summed E-state index contributed by atoms with van der Waals surface area (Å²) in [6.45, 7) is 3.64. The summed E-state index contributed by atoms with van der Waals surface area (Å²) < 4.78 is 6.70. The molecule has 2 N–H and O–H groups in total. The van der Waals surface area contributed by atoms with E-state index in [1.54, 1.807) is 12.1 Å². The Hall–Kier alpha value is -3.04. The van der Waals surface area contributed by atoms with Gasteiger partial charge >= 0.3 is 5.97 Å². The van der Waals surface area contributed by atoms with Crippen LogP contribution in [-0.4, -0.2) is 39.5 Å². The Kier molecular flexibility index (Phi) is 5.17. The first-order chi connectivity index (χ1) is 14.3. The second-order valence-electron chi connectivity index (χ2n) is 6.82. The number of aromatic nitrogens is 3. The van der Waals surface area contributed by atoms with Gasteiger partial charge in [-0.25, -0.2) is 0 Å². The van der Waals surface area contributed by atoms with Gasteiger partial charge in [0.2, 0.25) is 0 Å². The standard InChI is InChI=1S/C20H18ClN5O3S/c1-9-15-16(11-4-6-12(21)7-5-11)23-13(8-14(27)29-3)19-25-24-10(2)26(19)20(15)30-17(9)18(22)28/h4-7,13H,8H2,1-3H3,(H2,22,28)/t13-/m0/s1. The Morgan fingerprint density at radius 2 is 1.93 bits per heavy atom. The van der Waals surface area contributed by atoms with Crippen molar-refractivity contribution in [2.24, 2.45) is 10.7 Å². The van der Waals surface area contributed by atoms with Crippen molar-refractivity contribution in [2.75, 3.05) is 7.11 Å². The maximum absolute atomic E-state index is 12.1. The van der Waals surface area contributed by atoms with Gasteiger partial charge in [-0.15, -0.1) is 21.5 Å². The van der Waals surface area contributed by atoms with E-state index in [1.807, 2.05) is 30.5 Å². The van der Waals surface area contributed by atoms with Crippen molar-refractivity contribution in [1.82, 2.24) is 14.8 Å². The first-order valence-corrected chi connectivity index (χ1v) is 10.3. The molecule has 3 aromatic rings. The predicted molar refractivity (Wildman–Crippen MR) is 114 cm³/mol. The van der Waals surface area contributed by atoms with Crippen LogP contribution < -0.4 is 5.73 Å². The fourth-order valence-corrected chi connectivity index (χ4v) is 4.84. The molecule has 1 atom stereocenters. The number of primary amides is 1. The number of methoxy groups -OCH3 is 1. The van der Waals surface area contributed by atoms with Crippen LogP contribution in [0, 0.1) is 13.8 Å². The number of esters is 1. The number of fused-ring (bicyclic) bond motifs is 3. The third-order valence-electron chi connectivity index (χ3n) is 4.93. The van der Waals surface area contributed by atoms with E-state index in [0.29, 0.717) is 32.8 Å². The molecule has 0 fully saturated rings. The number of hydrogen-bond acceptors (Lipinski definition) is 7. The van der Waals surface area contributed by atoms with Crippen molar-refractivity contribution in [3.8, 4) is 5.00 Å². The van der Waals surface area contributed by atoms with E-state index in [-0.39, 0.29) is 6.42 Å². The number of aliphatic imine (C=N–C) groups is 1. The Morgan fingerprint density at radius 3 is 2.57 bits per heavy atom. The van der Waals surface area contributed by atoms with Gasteiger partial charge in [0.1, 0.15) is 16.9 Å². The zero-order valence-electron chi connectivity index (χ0n) is 16.5. The Bertz CT molecular complexity index is 1200. The molecular weight excluding hydrogens is 426 g/mol. The number of carbonyl (C=O) groups excluding carboxylic acids is 2. The van der Waals surface area contributed by atoms with Gasteiger partial charge in [0.05, 0.1) is 24.1 Å². The molecule has 0 spiro atoms. The van der Waals surface area contributed by atoms with Crippen LogP contribution in [0.2, 0.25) is 5.02 Å². The number of carbonyl (C=O) groups is 2. The summed E-state index contributed by atoms with van der Waals surface area (Å²) in [5, 5.41) is 9.78. The van der Waals surface area contributed by atoms with Crippen LogP contribution in [0.3, 0.4) is 0 Å². The van der Waals surface area contributed by atoms with Gasteiger partial charge in [-0.2, -0.15) is 0 Å². The predicted octanol–water partition coefficient (Wildman–Crippen LogP) is 3.15. The smallest absolute Gasteiger partial charge is 0.308 e. The van der Waals surface area contributed by atoms with Gasteiger partial charge in [-0.3, -0.25) is 19.1 Å². The number of rotatable bonds is 4. The van der Waals surface area contributed by atoms with Crippen LogP contribution in [0.1, 0.15) is 50.5 Å². The number of halogens is 1. The van der Waals surface area contributed by atoms with Gasteiger partial charge in [0.25, 0.3) is 5.91 Å². The quantitative estimate of drug-likeness (QED) is 0.622. The van der Waals surface area contributed by atoms with E-state index >= 15 is 0 Å². The maximum Gasteiger partial charge on any atom is 0.308 e. The maximum atomic E-state index is 12.1. The fourth-order valence-electron chi connectivity index (χ4n) is 3.50. The van der Waals surface area contributed by atoms with Crippen molar-refractivity contribution in [1.29, 1.82) is 0 Å². The Balaban J connectivity index is 2.04. The van der Waals surface area contributed by atoms with Crippen LogP contribution in [0.15, 0.2) is 29.3 Å². The van der Waals surface area contributed by atoms with Gasteiger partial charge < -0.3 is 10.5 Å². The number of benzene rings is 1. The minimum Gasteiger partial charge on any atom is -0.469 e. The average molecular weight is 444 g/mol. The van der Waals surface area contributed by atoms with Crippen molar-refractivity contribution < 1.29 is 14.3 Å². The van der Waals surface area contributed by atoms with E-state index in [0.717, 1.165) is 16.1 Å². The molecule has 0 bridgehead atoms. The number of nitrogens with two attached hydrogens (primary N) is 1. The molecule has 1 amide bonds. The summed E-state index contributed by atoms with van der Waals surface area (Å²) >= 11 is 7.33. The zero-order chi connectivity index (χ0) is 21.6. The number of hydrogen-bond donors (Lipinski definition) is 1. The summed E-state index contributed by atoms with van der Waals surface area (Å²) in [5.74, 6) is 0.192. The lowest BCUT2D eigenvalue weighted by atomic mass is 9.99. The summed E-state index contributed by atoms with van der Waals surface area (Å²) in [4.78, 5) is 29.5. The summed E-state index contributed by atoms with van der Waals surface area (Å²) in [7, 11) is 1.33. The zero-order valence-corrected chi connectivity index (χ0v) is 18.0. The lowest BCUT2D eigenvalue weighted by Gasteiger charge is -2.11. The third kappa shape index (κ3) is 3.29. The number of nitrogens with zero attached hydrogens (tertiary/aromatic N) is 4. The summed E-state index contributed by atoms with van der Waals surface area (Å²) in [6.07, 6.45) is 0.00237. The second-order valence-corrected chi connectivity index (χ2v) is 8.26. The molecule has 0 radical (unpaired) electrons. The average Bonchev–Trinajstić information content (AvgIpc) is 3.21. The highest BCUT2D eigenvalue weighted by atomic mass is 35.5. The second kappa shape index (κ2) is 7.66. The number of amides is 1. The molecule has 1 aliphatic rings. The lowest BCUT2D eigenvalue weighted by molar-refractivity contribution is -0.141. The first kappa shape index (κ1) is 20.2. The molecule has 3 heterocycles. The highest BCUT2D eigenvalue weighted by Gasteiger charge is 2.33. The molecule has 0 saturated heterocycles. The molecular formula is C20H18ClN5O3S. The van der Waals surface area contributed by atoms with E-state index in [9.17, 15) is 9.59 Å². The molecule has 30 heavy (non-hydrogen) atoms. The Labute approximate surface area is 181 Å². The van der Waals surface area contributed by atoms with Crippen molar-refractivity contribution in [3.63, 3.8) is 0 Å². The van der Waals surface area contributed by atoms with E-state index in [4.69, 9.17) is 27.1 Å². The topological polar surface area (TPSA) is 112 Å². The summed E-state index contributed by atoms with van der Waals surface area (Å²) in [5.41, 5.74) is 8.52. The largest absolute Gasteiger partial charge is 0.469 e. The normalized spacial score (nSPS) is 15.1. The Morgan fingerprint density at radius 1 is 1.23 bits per heavy atom. The third-order valence-corrected chi connectivity index (χ3v) is 6.47. The first-order valence-electron chi connectivity index (χ1n) is 9.08. The lowest BCUT2D eigenvalue weighted by Crippen LogP contribution is -2.13. The van der Waals surface area contributed by atoms with Crippen LogP contribution in [0.25, 0.3) is 5.00 Å². The van der Waals surface area contributed by atoms with Crippen LogP contribution in [-0.2, 0) is 9.53 Å². The van der Waals surface area contributed by atoms with Gasteiger partial charge in [-0.05, 0) is 31.5 Å². The van der Waals surface area contributed by atoms with Gasteiger partial charge in [-0.1, -0.05) is 23.7 Å². The summed E-state index contributed by atoms with van der Waals surface area (Å²) in [6, 6.07) is 6.61. The molecule has 1 aliphatic heterocycles. The van der Waals surface area contributed by atoms with E-state index < -0.39 is 17.9 Å². The van der Waals surface area contributed by atoms with Crippen molar-refractivity contribution >= 4 is 40.5 Å². The molecule has 154 valence electrons. The molecule has 0 aliphatic carbocycles. The highest BCUT2D eigenvalue weighted by Crippen LogP contribution is 2.39. The monoisotopic (exact) mass is 443 g/mol. The number of ether oxygens (including phenoxy) is 1. The molecule has 10 heteroatoms. The molecule has 0 saturated carbocycles. The number of thiophene rings is 1. The fraction of sp³-hybridized carbons (Fsp3) is 0.250. The molecule has 8 nitrogen and oxygen atoms in total. The minimum atomic E-state index is -0.611. The van der Waals surface area contributed by atoms with Crippen LogP contribution >= 0.6 is 22.9 Å². The number of aryl methyl sites for hydroxylation is 1. The highest BCUT2D eigenvalue weighted by molar-refractivity contribution is 7.17. The van der Waals surface area contributed by atoms with E-state index in [1.165, 1.54) is 18.4 Å². The van der Waals surface area contributed by atoms with Gasteiger partial charge in [0.15, 0.2) is 5.82 Å². The molecule has 1 aromatic carbocycles. The molecule has 4 rings (SSSR count). The molecule has 2 aromatic heterocycles. The minimum absolute atomic E-state index is 0.00237. The van der Waals surface area contributed by atoms with Crippen molar-refractivity contribution in [3.05, 3.63) is 62.5 Å². The van der Waals surface area contributed by atoms with Crippen LogP contribution in [0.5, 0.6) is 0 Å². The van der Waals surface area contributed by atoms with Crippen LogP contribution in [0.4, 0.5) is 0 Å². The SMILES string of the molecule is COC(=O)C[C@@H]1N=C(c2ccc(Cl)cc2)c2c(sc(C(N)=O)c2C)-n2c(C)nnc21. The molecule has 0 unspecified atom stereocenters. The van der Waals surface area contributed by atoms with Gasteiger partial charge in [0, 0.05) is 16.1 Å².